The van der Waals surface area contributed by atoms with Gasteiger partial charge >= 0.3 is 6.03 Å². The molecule has 5 heteroatoms. The Bertz CT molecular complexity index is 676. The highest BCUT2D eigenvalue weighted by atomic mass is 35.5. The third kappa shape index (κ3) is 4.49. The van der Waals surface area contributed by atoms with Gasteiger partial charge in [-0.25, -0.2) is 4.79 Å². The van der Waals surface area contributed by atoms with Crippen molar-refractivity contribution in [3.8, 4) is 0 Å². The van der Waals surface area contributed by atoms with E-state index in [1.54, 1.807) is 24.3 Å². The van der Waals surface area contributed by atoms with Crippen molar-refractivity contribution < 1.29 is 9.53 Å². The predicted octanol–water partition coefficient (Wildman–Crippen LogP) is 4.20. The normalized spacial score (nSPS) is 20.7. The summed E-state index contributed by atoms with van der Waals surface area (Å²) in [6.45, 7) is 3.17. The van der Waals surface area contributed by atoms with Gasteiger partial charge in [0, 0.05) is 30.2 Å². The number of ether oxygens (including phenoxy) is 1. The van der Waals surface area contributed by atoms with Crippen LogP contribution in [0, 0.1) is 0 Å². The molecule has 0 bridgehead atoms. The van der Waals surface area contributed by atoms with Crippen LogP contribution in [0.3, 0.4) is 0 Å². The summed E-state index contributed by atoms with van der Waals surface area (Å²) in [7, 11) is 0. The summed E-state index contributed by atoms with van der Waals surface area (Å²) in [5.74, 6) is 0. The predicted molar refractivity (Wildman–Crippen MR) is 96.5 cm³/mol. The van der Waals surface area contributed by atoms with Crippen molar-refractivity contribution in [2.24, 2.45) is 0 Å². The topological polar surface area (TPSA) is 41.6 Å². The van der Waals surface area contributed by atoms with E-state index < -0.39 is 0 Å². The van der Waals surface area contributed by atoms with Gasteiger partial charge in [-0.3, -0.25) is 0 Å². The molecule has 24 heavy (non-hydrogen) atoms. The first-order chi connectivity index (χ1) is 11.6. The molecule has 2 amide bonds. The molecule has 126 valence electrons. The van der Waals surface area contributed by atoms with E-state index in [9.17, 15) is 4.79 Å². The number of rotatable bonds is 3. The van der Waals surface area contributed by atoms with Crippen LogP contribution in [-0.4, -0.2) is 36.2 Å². The Morgan fingerprint density at radius 3 is 2.58 bits per heavy atom. The van der Waals surface area contributed by atoms with Gasteiger partial charge in [-0.1, -0.05) is 41.9 Å². The number of morpholine rings is 1. The molecule has 2 aromatic rings. The zero-order valence-electron chi connectivity index (χ0n) is 13.6. The molecule has 1 aliphatic heterocycles. The van der Waals surface area contributed by atoms with Gasteiger partial charge in [-0.05, 0) is 36.8 Å². The number of amides is 2. The maximum Gasteiger partial charge on any atom is 0.322 e. The fourth-order valence-corrected chi connectivity index (χ4v) is 3.06. The smallest absolute Gasteiger partial charge is 0.322 e. The zero-order chi connectivity index (χ0) is 16.9. The molecule has 1 heterocycles. The second-order valence-corrected chi connectivity index (χ2v) is 6.54. The van der Waals surface area contributed by atoms with Crippen molar-refractivity contribution in [1.82, 2.24) is 4.90 Å². The summed E-state index contributed by atoms with van der Waals surface area (Å²) in [5.41, 5.74) is 1.96. The van der Waals surface area contributed by atoms with Crippen LogP contribution in [0.4, 0.5) is 10.5 Å². The van der Waals surface area contributed by atoms with Crippen LogP contribution in [0.15, 0.2) is 54.6 Å². The Morgan fingerprint density at radius 2 is 1.88 bits per heavy atom. The van der Waals surface area contributed by atoms with Gasteiger partial charge in [-0.2, -0.15) is 0 Å². The maximum absolute atomic E-state index is 12.5. The molecule has 3 rings (SSSR count). The Morgan fingerprint density at radius 1 is 1.17 bits per heavy atom. The first-order valence-corrected chi connectivity index (χ1v) is 8.49. The standard InChI is InChI=1S/C19H21ClN2O2/c1-14-12-22(19(23)21-17-9-7-16(20)8-10-17)13-18(24-14)11-15-5-3-2-4-6-15/h2-10,14,18H,11-13H2,1H3,(H,21,23). The Balaban J connectivity index is 1.62. The number of urea groups is 1. The van der Waals surface area contributed by atoms with E-state index in [0.717, 1.165) is 12.1 Å². The van der Waals surface area contributed by atoms with E-state index in [1.807, 2.05) is 30.0 Å². The Hall–Kier alpha value is -2.04. The summed E-state index contributed by atoms with van der Waals surface area (Å²) in [5, 5.41) is 3.57. The van der Waals surface area contributed by atoms with Crippen LogP contribution >= 0.6 is 11.6 Å². The average molecular weight is 345 g/mol. The van der Waals surface area contributed by atoms with Gasteiger partial charge in [-0.15, -0.1) is 0 Å². The number of benzene rings is 2. The van der Waals surface area contributed by atoms with E-state index in [4.69, 9.17) is 16.3 Å². The van der Waals surface area contributed by atoms with Gasteiger partial charge in [0.05, 0.1) is 12.2 Å². The van der Waals surface area contributed by atoms with Crippen molar-refractivity contribution in [3.05, 3.63) is 65.2 Å². The van der Waals surface area contributed by atoms with Crippen LogP contribution in [-0.2, 0) is 11.2 Å². The highest BCUT2D eigenvalue weighted by Crippen LogP contribution is 2.18. The SMILES string of the molecule is CC1CN(C(=O)Nc2ccc(Cl)cc2)CC(Cc2ccccc2)O1. The van der Waals surface area contributed by atoms with E-state index in [2.05, 4.69) is 17.4 Å². The minimum Gasteiger partial charge on any atom is -0.371 e. The number of halogens is 1. The molecule has 0 aliphatic carbocycles. The van der Waals surface area contributed by atoms with Crippen molar-refractivity contribution in [2.45, 2.75) is 25.6 Å². The van der Waals surface area contributed by atoms with Gasteiger partial charge in [0.1, 0.15) is 0 Å². The number of nitrogens with one attached hydrogen (secondary N) is 1. The Kier molecular flexibility index (Phi) is 5.38. The lowest BCUT2D eigenvalue weighted by Crippen LogP contribution is -2.51. The van der Waals surface area contributed by atoms with Crippen molar-refractivity contribution in [1.29, 1.82) is 0 Å². The quantitative estimate of drug-likeness (QED) is 0.906. The summed E-state index contributed by atoms with van der Waals surface area (Å²) in [4.78, 5) is 14.3. The van der Waals surface area contributed by atoms with Gasteiger partial charge in [0.15, 0.2) is 0 Å². The molecular weight excluding hydrogens is 324 g/mol. The molecule has 2 aromatic carbocycles. The highest BCUT2D eigenvalue weighted by Gasteiger charge is 2.28. The number of carbonyl (C=O) groups excluding carboxylic acids is 1. The molecular formula is C19H21ClN2O2. The van der Waals surface area contributed by atoms with E-state index >= 15 is 0 Å². The molecule has 0 spiro atoms. The molecule has 1 fully saturated rings. The fraction of sp³-hybridized carbons (Fsp3) is 0.316. The lowest BCUT2D eigenvalue weighted by molar-refractivity contribution is -0.0614. The molecule has 1 saturated heterocycles. The lowest BCUT2D eigenvalue weighted by atomic mass is 10.1. The zero-order valence-corrected chi connectivity index (χ0v) is 14.4. The lowest BCUT2D eigenvalue weighted by Gasteiger charge is -2.37. The number of hydrogen-bond acceptors (Lipinski definition) is 2. The van der Waals surface area contributed by atoms with Gasteiger partial charge in [0.2, 0.25) is 0 Å². The first kappa shape index (κ1) is 16.8. The largest absolute Gasteiger partial charge is 0.371 e. The second-order valence-electron chi connectivity index (χ2n) is 6.10. The highest BCUT2D eigenvalue weighted by molar-refractivity contribution is 6.30. The molecule has 2 unspecified atom stereocenters. The summed E-state index contributed by atoms with van der Waals surface area (Å²) >= 11 is 5.87. The summed E-state index contributed by atoms with van der Waals surface area (Å²) in [6.07, 6.45) is 0.825. The fourth-order valence-electron chi connectivity index (χ4n) is 2.94. The van der Waals surface area contributed by atoms with Crippen LogP contribution in [0.25, 0.3) is 0 Å². The van der Waals surface area contributed by atoms with Gasteiger partial charge in [0.25, 0.3) is 0 Å². The van der Waals surface area contributed by atoms with Crippen molar-refractivity contribution in [3.63, 3.8) is 0 Å². The van der Waals surface area contributed by atoms with Crippen LogP contribution < -0.4 is 5.32 Å². The van der Waals surface area contributed by atoms with E-state index in [0.29, 0.717) is 18.1 Å². The molecule has 1 N–H and O–H groups in total. The first-order valence-electron chi connectivity index (χ1n) is 8.11. The number of carbonyl (C=O) groups is 1. The minimum absolute atomic E-state index is 0.00659. The molecule has 0 aromatic heterocycles. The maximum atomic E-state index is 12.5. The monoisotopic (exact) mass is 344 g/mol. The number of nitrogens with zero attached hydrogens (tertiary/aromatic N) is 1. The number of hydrogen-bond donors (Lipinski definition) is 1. The Labute approximate surface area is 147 Å². The molecule has 0 saturated carbocycles. The third-order valence-electron chi connectivity index (χ3n) is 4.02. The third-order valence-corrected chi connectivity index (χ3v) is 4.27. The van der Waals surface area contributed by atoms with Crippen LogP contribution in [0.2, 0.25) is 5.02 Å². The second kappa shape index (κ2) is 7.69. The summed E-state index contributed by atoms with van der Waals surface area (Å²) in [6, 6.07) is 17.2. The van der Waals surface area contributed by atoms with Crippen LogP contribution in [0.1, 0.15) is 12.5 Å². The van der Waals surface area contributed by atoms with E-state index in [-0.39, 0.29) is 18.2 Å². The number of anilines is 1. The molecule has 1 aliphatic rings. The molecule has 4 nitrogen and oxygen atoms in total. The molecule has 2 atom stereocenters. The van der Waals surface area contributed by atoms with Crippen LogP contribution in [0.5, 0.6) is 0 Å². The van der Waals surface area contributed by atoms with E-state index in [1.165, 1.54) is 5.56 Å². The van der Waals surface area contributed by atoms with Gasteiger partial charge < -0.3 is 15.0 Å². The summed E-state index contributed by atoms with van der Waals surface area (Å²) < 4.78 is 6.00. The van der Waals surface area contributed by atoms with Crippen molar-refractivity contribution >= 4 is 23.3 Å². The average Bonchev–Trinajstić information content (AvgIpc) is 2.57. The minimum atomic E-state index is -0.106. The molecule has 0 radical (unpaired) electrons. The van der Waals surface area contributed by atoms with Crippen molar-refractivity contribution in [2.75, 3.05) is 18.4 Å².